The van der Waals surface area contributed by atoms with E-state index in [0.717, 1.165) is 17.2 Å². The predicted octanol–water partition coefficient (Wildman–Crippen LogP) is 2.58. The van der Waals surface area contributed by atoms with E-state index in [2.05, 4.69) is 10.6 Å². The molecule has 3 N–H and O–H groups in total. The highest BCUT2D eigenvalue weighted by molar-refractivity contribution is 5.98. The van der Waals surface area contributed by atoms with Gasteiger partial charge in [-0.05, 0) is 29.3 Å². The fraction of sp³-hybridized carbons (Fsp3) is 0.350. The van der Waals surface area contributed by atoms with Crippen LogP contribution in [0.15, 0.2) is 42.5 Å². The third-order valence-electron chi connectivity index (χ3n) is 4.18. The van der Waals surface area contributed by atoms with E-state index in [4.69, 9.17) is 5.11 Å². The second-order valence-corrected chi connectivity index (χ2v) is 6.20. The standard InChI is InChI=1S/C20H24N2O4/c1-2-5-17(20(25)26)13-22-18(23)10-11-21-19(24)16-9-8-14-6-3-4-7-15(14)12-16/h3-4,6-9,12,17H,2,5,10-11,13H2,1H3,(H,21,24)(H,22,23)(H,25,26). The fourth-order valence-electron chi connectivity index (χ4n) is 2.71. The molecule has 0 heterocycles. The van der Waals surface area contributed by atoms with E-state index in [-0.39, 0.29) is 31.3 Å². The van der Waals surface area contributed by atoms with Gasteiger partial charge in [0, 0.05) is 25.1 Å². The smallest absolute Gasteiger partial charge is 0.308 e. The van der Waals surface area contributed by atoms with Gasteiger partial charge in [-0.3, -0.25) is 14.4 Å². The number of benzene rings is 2. The van der Waals surface area contributed by atoms with Crippen molar-refractivity contribution in [3.05, 3.63) is 48.0 Å². The molecule has 26 heavy (non-hydrogen) atoms. The van der Waals surface area contributed by atoms with E-state index >= 15 is 0 Å². The first-order valence-electron chi connectivity index (χ1n) is 8.77. The minimum Gasteiger partial charge on any atom is -0.481 e. The number of rotatable bonds is 9. The average molecular weight is 356 g/mol. The summed E-state index contributed by atoms with van der Waals surface area (Å²) in [5.74, 6) is -1.99. The lowest BCUT2D eigenvalue weighted by molar-refractivity contribution is -0.141. The van der Waals surface area contributed by atoms with Crippen LogP contribution >= 0.6 is 0 Å². The first-order valence-corrected chi connectivity index (χ1v) is 8.77. The maximum atomic E-state index is 12.2. The molecule has 6 nitrogen and oxygen atoms in total. The van der Waals surface area contributed by atoms with Gasteiger partial charge in [0.1, 0.15) is 0 Å². The molecule has 1 atom stereocenters. The molecule has 6 heteroatoms. The molecule has 0 saturated carbocycles. The van der Waals surface area contributed by atoms with Gasteiger partial charge in [0.15, 0.2) is 0 Å². The van der Waals surface area contributed by atoms with Crippen molar-refractivity contribution in [2.45, 2.75) is 26.2 Å². The first kappa shape index (κ1) is 19.4. The number of carbonyl (C=O) groups excluding carboxylic acids is 2. The zero-order chi connectivity index (χ0) is 18.9. The number of hydrogen-bond donors (Lipinski definition) is 3. The average Bonchev–Trinajstić information content (AvgIpc) is 2.64. The monoisotopic (exact) mass is 356 g/mol. The van der Waals surface area contributed by atoms with Crippen molar-refractivity contribution in [3.63, 3.8) is 0 Å². The minimum atomic E-state index is -0.906. The molecule has 2 aromatic carbocycles. The van der Waals surface area contributed by atoms with Crippen LogP contribution < -0.4 is 10.6 Å². The lowest BCUT2D eigenvalue weighted by Gasteiger charge is -2.12. The Bertz CT molecular complexity index is 788. The molecule has 138 valence electrons. The topological polar surface area (TPSA) is 95.5 Å². The zero-order valence-corrected chi connectivity index (χ0v) is 14.8. The number of aliphatic carboxylic acids is 1. The summed E-state index contributed by atoms with van der Waals surface area (Å²) < 4.78 is 0. The summed E-state index contributed by atoms with van der Waals surface area (Å²) in [5, 5.41) is 16.4. The van der Waals surface area contributed by atoms with Crippen LogP contribution in [0.25, 0.3) is 10.8 Å². The van der Waals surface area contributed by atoms with Gasteiger partial charge < -0.3 is 15.7 Å². The van der Waals surface area contributed by atoms with Gasteiger partial charge in [-0.1, -0.05) is 43.7 Å². The van der Waals surface area contributed by atoms with Crippen molar-refractivity contribution in [2.24, 2.45) is 5.92 Å². The molecular weight excluding hydrogens is 332 g/mol. The van der Waals surface area contributed by atoms with Crippen molar-refractivity contribution < 1.29 is 19.5 Å². The van der Waals surface area contributed by atoms with Crippen molar-refractivity contribution in [2.75, 3.05) is 13.1 Å². The number of carboxylic acids is 1. The summed E-state index contributed by atoms with van der Waals surface area (Å²) in [6, 6.07) is 13.2. The highest BCUT2D eigenvalue weighted by Gasteiger charge is 2.17. The Kier molecular flexibility index (Phi) is 7.14. The van der Waals surface area contributed by atoms with E-state index in [1.165, 1.54) is 0 Å². The molecular formula is C20H24N2O4. The Morgan fingerprint density at radius 2 is 1.77 bits per heavy atom. The number of carbonyl (C=O) groups is 3. The SMILES string of the molecule is CCCC(CNC(=O)CCNC(=O)c1ccc2ccccc2c1)C(=O)O. The Labute approximate surface area is 152 Å². The lowest BCUT2D eigenvalue weighted by Crippen LogP contribution is -2.35. The molecule has 2 rings (SSSR count). The third-order valence-corrected chi connectivity index (χ3v) is 4.18. The fourth-order valence-corrected chi connectivity index (χ4v) is 2.71. The highest BCUT2D eigenvalue weighted by Crippen LogP contribution is 2.15. The van der Waals surface area contributed by atoms with E-state index in [9.17, 15) is 14.4 Å². The quantitative estimate of drug-likeness (QED) is 0.643. The lowest BCUT2D eigenvalue weighted by atomic mass is 10.0. The van der Waals surface area contributed by atoms with Gasteiger partial charge in [-0.2, -0.15) is 0 Å². The van der Waals surface area contributed by atoms with Crippen molar-refractivity contribution in [1.29, 1.82) is 0 Å². The van der Waals surface area contributed by atoms with Gasteiger partial charge in [-0.25, -0.2) is 0 Å². The molecule has 0 aromatic heterocycles. The van der Waals surface area contributed by atoms with Gasteiger partial charge in [-0.15, -0.1) is 0 Å². The summed E-state index contributed by atoms with van der Waals surface area (Å²) in [6.07, 6.45) is 1.38. The third kappa shape index (κ3) is 5.58. The summed E-state index contributed by atoms with van der Waals surface area (Å²) in [7, 11) is 0. The zero-order valence-electron chi connectivity index (χ0n) is 14.8. The number of amides is 2. The van der Waals surface area contributed by atoms with E-state index in [0.29, 0.717) is 12.0 Å². The van der Waals surface area contributed by atoms with Crippen LogP contribution in [0.1, 0.15) is 36.5 Å². The van der Waals surface area contributed by atoms with Crippen molar-refractivity contribution in [3.8, 4) is 0 Å². The molecule has 2 amide bonds. The number of hydrogen-bond acceptors (Lipinski definition) is 3. The van der Waals surface area contributed by atoms with Crippen LogP contribution in [-0.4, -0.2) is 36.0 Å². The molecule has 0 aliphatic heterocycles. The molecule has 1 unspecified atom stereocenters. The summed E-state index contributed by atoms with van der Waals surface area (Å²) in [6.45, 7) is 2.21. The molecule has 2 aromatic rings. The summed E-state index contributed by atoms with van der Waals surface area (Å²) in [5.41, 5.74) is 0.540. The van der Waals surface area contributed by atoms with Gasteiger partial charge >= 0.3 is 5.97 Å². The molecule has 0 bridgehead atoms. The Morgan fingerprint density at radius 3 is 2.46 bits per heavy atom. The van der Waals surface area contributed by atoms with Gasteiger partial charge in [0.05, 0.1) is 5.92 Å². The largest absolute Gasteiger partial charge is 0.481 e. The van der Waals surface area contributed by atoms with Gasteiger partial charge in [0.25, 0.3) is 5.91 Å². The first-order chi connectivity index (χ1) is 12.5. The minimum absolute atomic E-state index is 0.109. The van der Waals surface area contributed by atoms with Crippen molar-refractivity contribution in [1.82, 2.24) is 10.6 Å². The normalized spacial score (nSPS) is 11.7. The number of fused-ring (bicyclic) bond motifs is 1. The van der Waals surface area contributed by atoms with E-state index in [1.807, 2.05) is 43.3 Å². The maximum absolute atomic E-state index is 12.2. The van der Waals surface area contributed by atoms with E-state index < -0.39 is 11.9 Å². The van der Waals surface area contributed by atoms with Crippen LogP contribution in [0, 0.1) is 5.92 Å². The predicted molar refractivity (Wildman–Crippen MR) is 99.9 cm³/mol. The molecule has 0 saturated heterocycles. The van der Waals surface area contributed by atoms with Crippen LogP contribution in [-0.2, 0) is 9.59 Å². The molecule has 0 aliphatic carbocycles. The Hall–Kier alpha value is -2.89. The number of nitrogens with one attached hydrogen (secondary N) is 2. The Morgan fingerprint density at radius 1 is 1.04 bits per heavy atom. The molecule has 0 spiro atoms. The summed E-state index contributed by atoms with van der Waals surface area (Å²) >= 11 is 0. The molecule has 0 fully saturated rings. The van der Waals surface area contributed by atoms with Crippen molar-refractivity contribution >= 4 is 28.6 Å². The molecule has 0 radical (unpaired) electrons. The Balaban J connectivity index is 1.78. The van der Waals surface area contributed by atoms with Gasteiger partial charge in [0.2, 0.25) is 5.91 Å². The number of carboxylic acid groups (broad SMARTS) is 1. The van der Waals surface area contributed by atoms with Crippen LogP contribution in [0.5, 0.6) is 0 Å². The van der Waals surface area contributed by atoms with E-state index in [1.54, 1.807) is 6.07 Å². The maximum Gasteiger partial charge on any atom is 0.308 e. The van der Waals surface area contributed by atoms with Crippen LogP contribution in [0.3, 0.4) is 0 Å². The van der Waals surface area contributed by atoms with Crippen LogP contribution in [0.2, 0.25) is 0 Å². The highest BCUT2D eigenvalue weighted by atomic mass is 16.4. The summed E-state index contributed by atoms with van der Waals surface area (Å²) in [4.78, 5) is 35.0. The molecule has 0 aliphatic rings. The second kappa shape index (κ2) is 9.56. The second-order valence-electron chi connectivity index (χ2n) is 6.20. The van der Waals surface area contributed by atoms with Crippen LogP contribution in [0.4, 0.5) is 0 Å².